The van der Waals surface area contributed by atoms with Crippen LogP contribution in [0.15, 0.2) is 60.9 Å². The van der Waals surface area contributed by atoms with Crippen molar-refractivity contribution in [1.82, 2.24) is 29.5 Å². The predicted molar refractivity (Wildman–Crippen MR) is 127 cm³/mol. The number of nitrogens with one attached hydrogen (secondary N) is 1. The average molecular weight is 466 g/mol. The molecule has 1 aromatic carbocycles. The number of amides is 1. The number of nitrogens with zero attached hydrogens (tertiary/aromatic N) is 5. The first kappa shape index (κ1) is 21.0. The van der Waals surface area contributed by atoms with E-state index in [1.54, 1.807) is 40.0 Å². The zero-order valence-corrected chi connectivity index (χ0v) is 18.5. The van der Waals surface area contributed by atoms with Crippen LogP contribution in [0, 0.1) is 17.7 Å². The van der Waals surface area contributed by atoms with Crippen molar-refractivity contribution >= 4 is 22.6 Å². The summed E-state index contributed by atoms with van der Waals surface area (Å²) in [5.74, 6) is 5.23. The third kappa shape index (κ3) is 4.00. The molecule has 1 amide bonds. The van der Waals surface area contributed by atoms with E-state index in [2.05, 4.69) is 31.9 Å². The molecule has 35 heavy (non-hydrogen) atoms. The van der Waals surface area contributed by atoms with Crippen LogP contribution in [0.3, 0.4) is 0 Å². The lowest BCUT2D eigenvalue weighted by Crippen LogP contribution is -2.40. The fourth-order valence-corrected chi connectivity index (χ4v) is 4.01. The van der Waals surface area contributed by atoms with Gasteiger partial charge in [-0.2, -0.15) is 5.10 Å². The molecule has 0 unspecified atom stereocenters. The van der Waals surface area contributed by atoms with Crippen LogP contribution < -0.4 is 0 Å². The Kier molecular flexibility index (Phi) is 5.20. The van der Waals surface area contributed by atoms with Gasteiger partial charge >= 0.3 is 0 Å². The number of rotatable bonds is 2. The number of aromatic nitrogens is 5. The second kappa shape index (κ2) is 8.66. The summed E-state index contributed by atoms with van der Waals surface area (Å²) in [5.41, 5.74) is 3.92. The Labute approximate surface area is 199 Å². The van der Waals surface area contributed by atoms with Crippen molar-refractivity contribution in [2.24, 2.45) is 0 Å². The maximum atomic E-state index is 14.4. The van der Waals surface area contributed by atoms with Gasteiger partial charge in [-0.3, -0.25) is 4.79 Å². The minimum Gasteiger partial charge on any atom is -0.378 e. The van der Waals surface area contributed by atoms with E-state index in [4.69, 9.17) is 4.74 Å². The summed E-state index contributed by atoms with van der Waals surface area (Å²) in [6, 6.07) is 14.2. The summed E-state index contributed by atoms with van der Waals surface area (Å²) in [6.07, 6.45) is 3.30. The van der Waals surface area contributed by atoms with E-state index in [0.29, 0.717) is 59.9 Å². The lowest BCUT2D eigenvalue weighted by atomic mass is 10.1. The molecule has 0 spiro atoms. The second-order valence-electron chi connectivity index (χ2n) is 8.10. The molecule has 0 atom stereocenters. The molecule has 1 fully saturated rings. The van der Waals surface area contributed by atoms with E-state index >= 15 is 0 Å². The number of imidazole rings is 1. The Morgan fingerprint density at radius 2 is 1.89 bits per heavy atom. The van der Waals surface area contributed by atoms with Crippen LogP contribution in [-0.2, 0) is 4.74 Å². The smallest absolute Gasteiger partial charge is 0.254 e. The lowest BCUT2D eigenvalue weighted by Gasteiger charge is -2.26. The monoisotopic (exact) mass is 466 g/mol. The first-order valence-electron chi connectivity index (χ1n) is 11.1. The summed E-state index contributed by atoms with van der Waals surface area (Å²) in [7, 11) is 0. The van der Waals surface area contributed by atoms with E-state index in [9.17, 15) is 9.18 Å². The van der Waals surface area contributed by atoms with Gasteiger partial charge in [0, 0.05) is 35.8 Å². The lowest BCUT2D eigenvalue weighted by molar-refractivity contribution is 0.0303. The molecule has 1 saturated heterocycles. The molecule has 8 nitrogen and oxygen atoms in total. The van der Waals surface area contributed by atoms with Gasteiger partial charge < -0.3 is 14.6 Å². The van der Waals surface area contributed by atoms with Crippen molar-refractivity contribution in [2.45, 2.75) is 0 Å². The minimum atomic E-state index is -0.487. The highest BCUT2D eigenvalue weighted by molar-refractivity contribution is 5.94. The standard InChI is InChI=1S/C26H19FN6O2/c27-21-15-19-9-10-28-25(19)30-23(21)6-5-20-16-29-24-8-7-22(31-33(20)24)17-1-3-18(4-2-17)26(34)32-11-13-35-14-12-32/h1-4,7-10,15-16H,11-14H2,(H,28,30). The molecule has 1 N–H and O–H groups in total. The molecule has 4 aromatic heterocycles. The number of carbonyl (C=O) groups excluding carboxylic acids is 1. The van der Waals surface area contributed by atoms with Crippen LogP contribution in [0.4, 0.5) is 4.39 Å². The molecule has 9 heteroatoms. The first-order valence-corrected chi connectivity index (χ1v) is 11.1. The number of H-pyrrole nitrogens is 1. The Hall–Kier alpha value is -4.55. The second-order valence-corrected chi connectivity index (χ2v) is 8.10. The number of morpholine rings is 1. The van der Waals surface area contributed by atoms with Crippen molar-refractivity contribution in [2.75, 3.05) is 26.3 Å². The molecular weight excluding hydrogens is 447 g/mol. The van der Waals surface area contributed by atoms with Crippen LogP contribution in [0.25, 0.3) is 27.9 Å². The number of carbonyl (C=O) groups is 1. The predicted octanol–water partition coefficient (Wildman–Crippen LogP) is 3.28. The highest BCUT2D eigenvalue weighted by Gasteiger charge is 2.18. The summed E-state index contributed by atoms with van der Waals surface area (Å²) >= 11 is 0. The van der Waals surface area contributed by atoms with E-state index < -0.39 is 5.82 Å². The van der Waals surface area contributed by atoms with E-state index in [1.807, 2.05) is 24.3 Å². The number of pyridine rings is 1. The third-order valence-corrected chi connectivity index (χ3v) is 5.89. The molecular formula is C26H19FN6O2. The molecule has 0 aliphatic carbocycles. The Bertz CT molecular complexity index is 1620. The summed E-state index contributed by atoms with van der Waals surface area (Å²) < 4.78 is 21.3. The maximum Gasteiger partial charge on any atom is 0.254 e. The fraction of sp³-hybridized carbons (Fsp3) is 0.154. The molecule has 1 aliphatic heterocycles. The Balaban J connectivity index is 1.29. The summed E-state index contributed by atoms with van der Waals surface area (Å²) in [5, 5.41) is 5.35. The molecule has 6 rings (SSSR count). The number of ether oxygens (including phenoxy) is 1. The van der Waals surface area contributed by atoms with Crippen LogP contribution in [0.1, 0.15) is 21.7 Å². The molecule has 5 aromatic rings. The fourth-order valence-electron chi connectivity index (χ4n) is 4.01. The van der Waals surface area contributed by atoms with Crippen LogP contribution in [0.5, 0.6) is 0 Å². The zero-order chi connectivity index (χ0) is 23.8. The van der Waals surface area contributed by atoms with E-state index in [-0.39, 0.29) is 11.6 Å². The Morgan fingerprint density at radius 1 is 1.06 bits per heavy atom. The highest BCUT2D eigenvalue weighted by Crippen LogP contribution is 2.20. The highest BCUT2D eigenvalue weighted by atomic mass is 19.1. The van der Waals surface area contributed by atoms with Gasteiger partial charge in [-0.1, -0.05) is 12.1 Å². The summed E-state index contributed by atoms with van der Waals surface area (Å²) in [6.45, 7) is 2.32. The first-order chi connectivity index (χ1) is 17.2. The van der Waals surface area contributed by atoms with Gasteiger partial charge in [0.05, 0.1) is 25.1 Å². The number of aromatic amines is 1. The van der Waals surface area contributed by atoms with Gasteiger partial charge in [0.2, 0.25) is 0 Å². The summed E-state index contributed by atoms with van der Waals surface area (Å²) in [4.78, 5) is 26.0. The van der Waals surface area contributed by atoms with Crippen molar-refractivity contribution in [3.05, 3.63) is 83.7 Å². The van der Waals surface area contributed by atoms with Crippen molar-refractivity contribution in [3.63, 3.8) is 0 Å². The number of hydrogen-bond acceptors (Lipinski definition) is 5. The molecule has 0 radical (unpaired) electrons. The molecule has 172 valence electrons. The number of halogens is 1. The number of hydrogen-bond donors (Lipinski definition) is 1. The number of benzene rings is 1. The molecule has 1 aliphatic rings. The number of fused-ring (bicyclic) bond motifs is 2. The van der Waals surface area contributed by atoms with Crippen molar-refractivity contribution in [3.8, 4) is 23.1 Å². The van der Waals surface area contributed by atoms with Crippen molar-refractivity contribution in [1.29, 1.82) is 0 Å². The zero-order valence-electron chi connectivity index (χ0n) is 18.5. The molecule has 0 bridgehead atoms. The van der Waals surface area contributed by atoms with E-state index in [0.717, 1.165) is 5.56 Å². The van der Waals surface area contributed by atoms with Crippen LogP contribution >= 0.6 is 0 Å². The van der Waals surface area contributed by atoms with Gasteiger partial charge in [-0.25, -0.2) is 18.9 Å². The molecule has 5 heterocycles. The average Bonchev–Trinajstić information content (AvgIpc) is 3.53. The Morgan fingerprint density at radius 3 is 2.71 bits per heavy atom. The topological polar surface area (TPSA) is 88.4 Å². The third-order valence-electron chi connectivity index (χ3n) is 5.89. The molecule has 0 saturated carbocycles. The van der Waals surface area contributed by atoms with Gasteiger partial charge in [-0.15, -0.1) is 0 Å². The quantitative estimate of drug-likeness (QED) is 0.404. The van der Waals surface area contributed by atoms with Crippen LogP contribution in [-0.4, -0.2) is 61.7 Å². The van der Waals surface area contributed by atoms with Gasteiger partial charge in [0.1, 0.15) is 11.3 Å². The SMILES string of the molecule is O=C(c1ccc(-c2ccc3ncc(C#Cc4nc5[nH]ccc5cc4F)n3n2)cc1)N1CCOCC1. The minimum absolute atomic E-state index is 0.00573. The van der Waals surface area contributed by atoms with Gasteiger partial charge in [-0.05, 0) is 48.2 Å². The van der Waals surface area contributed by atoms with Gasteiger partial charge in [0.15, 0.2) is 17.2 Å². The van der Waals surface area contributed by atoms with Gasteiger partial charge in [0.25, 0.3) is 5.91 Å². The largest absolute Gasteiger partial charge is 0.378 e. The van der Waals surface area contributed by atoms with E-state index in [1.165, 1.54) is 6.07 Å². The van der Waals surface area contributed by atoms with Crippen molar-refractivity contribution < 1.29 is 13.9 Å². The maximum absolute atomic E-state index is 14.4. The van der Waals surface area contributed by atoms with Crippen LogP contribution in [0.2, 0.25) is 0 Å². The normalized spacial score (nSPS) is 13.7.